The summed E-state index contributed by atoms with van der Waals surface area (Å²) in [7, 11) is 5.78. The topological polar surface area (TPSA) is 298 Å². The molecule has 142 heavy (non-hydrogen) atoms. The molecule has 24 nitrogen and oxygen atoms in total. The molecular formula is C110H115Cl4N15O9S3Sn. The van der Waals surface area contributed by atoms with Gasteiger partial charge in [0, 0.05) is 97.8 Å². The molecule has 0 aliphatic carbocycles. The van der Waals surface area contributed by atoms with Gasteiger partial charge in [-0.3, -0.25) is 19.3 Å². The molecule has 12 aromatic heterocycles. The first-order valence-electron chi connectivity index (χ1n) is 47.4. The number of aliphatic carboxylic acids is 2. The second-order valence-corrected chi connectivity index (χ2v) is 56.0. The molecule has 0 spiro atoms. The van der Waals surface area contributed by atoms with Crippen LogP contribution in [-0.2, 0) is 54.5 Å². The average Bonchev–Trinajstić information content (AvgIpc) is 1.57. The quantitative estimate of drug-likeness (QED) is 0.0261. The zero-order valence-electron chi connectivity index (χ0n) is 83.1. The van der Waals surface area contributed by atoms with Gasteiger partial charge in [-0.15, -0.1) is 34.0 Å². The van der Waals surface area contributed by atoms with Crippen molar-refractivity contribution in [1.82, 2.24) is 74.2 Å². The Morgan fingerprint density at radius 1 is 0.380 bits per heavy atom. The molecule has 0 radical (unpaired) electrons. The summed E-state index contributed by atoms with van der Waals surface area (Å²) in [6, 6.07) is 52.2. The first kappa shape index (κ1) is 105. The summed E-state index contributed by atoms with van der Waals surface area (Å²) in [6.07, 6.45) is 15.4. The zero-order valence-corrected chi connectivity index (χ0v) is 91.4. The van der Waals surface area contributed by atoms with Gasteiger partial charge in [-0.2, -0.15) is 10.2 Å². The van der Waals surface area contributed by atoms with E-state index in [1.54, 1.807) is 88.9 Å². The standard InChI is InChI=1S/C34H32ClN5O3S.C32H28ClN5O3S.C25H22Cl2N2O3S.C7H6N3.3C4H9.Sn/c1-7-42-33(41)30(43-34(3,4)5)28-19(2)16-25-31(29(28)20-8-10-22(35)11-9-20)44-32(39-25)21-14-15-36-24(17-21)23-12-13-27-26(38-23)18-37-40(27)6;1-17-14-23-29(27(18-6-8-20(33)9-7-18)26(17)28(31(39)40)41-32(2,3)4)42-30(37-23)19-12-13-34-22(15-19)21-10-11-25-24(36-21)16-35-38(25)5;1-13-11-17-22(33-23(29-17)15-9-10-28-18(27)12-15)20(14-5-7-16(26)8-6-14)19(13)21(24(30)31)32-25(2,3)4;1-10-7-3-2-4-8-6(7)5-9-10;3*1-3-4-2;/h8-18,30H,7H2,1-6H3;6-16,28H,1-5H3,(H,39,40);5-12,21H,1-4H3,(H,30,31);2-3,5H,1H3;3*1,3-4H2,2H3;/t30-;28-;21-;;;;;/m000...../s1. The van der Waals surface area contributed by atoms with Crippen molar-refractivity contribution in [3.05, 3.63) is 255 Å². The van der Waals surface area contributed by atoms with E-state index in [2.05, 4.69) is 63.2 Å². The zero-order chi connectivity index (χ0) is 102. The summed E-state index contributed by atoms with van der Waals surface area (Å²) in [4.78, 5) is 81.2. The van der Waals surface area contributed by atoms with Crippen molar-refractivity contribution in [1.29, 1.82) is 0 Å². The fourth-order valence-electron chi connectivity index (χ4n) is 17.6. The predicted octanol–water partition coefficient (Wildman–Crippen LogP) is 28.8. The summed E-state index contributed by atoms with van der Waals surface area (Å²) in [6.45, 7) is 31.7. The molecule has 18 rings (SSSR count). The molecule has 32 heteroatoms. The Balaban J connectivity index is 0.000000146. The number of aromatic nitrogens is 15. The van der Waals surface area contributed by atoms with Crippen molar-refractivity contribution >= 4 is 184 Å². The second-order valence-electron chi connectivity index (χ2n) is 38.3. The van der Waals surface area contributed by atoms with E-state index in [0.717, 1.165) is 174 Å². The van der Waals surface area contributed by atoms with Gasteiger partial charge >= 0.3 is 164 Å². The molecule has 3 atom stereocenters. The molecule has 0 saturated carbocycles. The molecule has 12 heterocycles. The first-order chi connectivity index (χ1) is 67.7. The number of fused-ring (bicyclic) bond motifs is 6. The van der Waals surface area contributed by atoms with Crippen LogP contribution in [-0.4, -0.2) is 144 Å². The summed E-state index contributed by atoms with van der Waals surface area (Å²) < 4.78 is 38.2. The van der Waals surface area contributed by atoms with Crippen LogP contribution >= 0.6 is 80.4 Å². The number of carbonyl (C=O) groups excluding carboxylic acids is 1. The number of carbonyl (C=O) groups is 3. The van der Waals surface area contributed by atoms with Crippen molar-refractivity contribution < 1.29 is 43.5 Å². The van der Waals surface area contributed by atoms with Gasteiger partial charge in [0.15, 0.2) is 18.3 Å². The number of aryl methyl sites for hydroxylation is 6. The fraction of sp³-hybridized carbons (Fsp3) is 0.318. The number of thiazole rings is 3. The molecule has 734 valence electrons. The minimum Gasteiger partial charge on any atom is -0.479 e. The minimum atomic E-state index is -2.38. The Labute approximate surface area is 862 Å². The third-order valence-corrected chi connectivity index (χ3v) is 43.7. The van der Waals surface area contributed by atoms with E-state index >= 15 is 0 Å². The summed E-state index contributed by atoms with van der Waals surface area (Å²) in [5.41, 5.74) is 21.2. The van der Waals surface area contributed by atoms with Crippen molar-refractivity contribution in [3.63, 3.8) is 0 Å². The van der Waals surface area contributed by atoms with E-state index in [-0.39, 0.29) is 6.61 Å². The number of benzene rings is 6. The Morgan fingerprint density at radius 2 is 0.704 bits per heavy atom. The largest absolute Gasteiger partial charge is 0.479 e. The number of ether oxygens (including phenoxy) is 4. The fourth-order valence-corrected chi connectivity index (χ4v) is 37.0. The molecule has 0 bridgehead atoms. The van der Waals surface area contributed by atoms with Gasteiger partial charge in [-0.1, -0.05) is 82.8 Å². The third kappa shape index (κ3) is 24.3. The van der Waals surface area contributed by atoms with Crippen LogP contribution in [0.1, 0.15) is 180 Å². The van der Waals surface area contributed by atoms with Crippen LogP contribution < -0.4 is 3.71 Å². The number of carboxylic acids is 2. The van der Waals surface area contributed by atoms with E-state index in [1.807, 2.05) is 236 Å². The van der Waals surface area contributed by atoms with Gasteiger partial charge in [0.25, 0.3) is 0 Å². The van der Waals surface area contributed by atoms with Crippen molar-refractivity contribution in [2.24, 2.45) is 21.1 Å². The van der Waals surface area contributed by atoms with Crippen molar-refractivity contribution in [2.75, 3.05) is 6.61 Å². The van der Waals surface area contributed by atoms with Crippen LogP contribution in [0.2, 0.25) is 33.5 Å². The number of hydrogen-bond acceptors (Lipinski definition) is 22. The molecule has 6 aromatic carbocycles. The van der Waals surface area contributed by atoms with E-state index in [1.165, 1.54) is 78.2 Å². The molecule has 0 aliphatic rings. The second kappa shape index (κ2) is 44.8. The molecular weight excluding hydrogens is 2030 g/mol. The third-order valence-electron chi connectivity index (χ3n) is 24.2. The van der Waals surface area contributed by atoms with Gasteiger partial charge in [-0.25, -0.2) is 44.3 Å². The van der Waals surface area contributed by atoms with Crippen molar-refractivity contribution in [2.45, 2.75) is 198 Å². The van der Waals surface area contributed by atoms with Gasteiger partial charge in [0.05, 0.1) is 100 Å². The number of hydrogen-bond donors (Lipinski definition) is 2. The van der Waals surface area contributed by atoms with Crippen LogP contribution in [0.15, 0.2) is 201 Å². The number of halogens is 4. The van der Waals surface area contributed by atoms with Crippen molar-refractivity contribution in [3.8, 4) is 87.9 Å². The summed E-state index contributed by atoms with van der Waals surface area (Å²) in [5, 5.41) is 38.0. The average molecular weight is 2150 g/mol. The molecule has 0 unspecified atom stereocenters. The van der Waals surface area contributed by atoms with Gasteiger partial charge in [-0.05, 0) is 239 Å². The maximum Gasteiger partial charge on any atom is 0.339 e. The maximum atomic E-state index is 13.4. The van der Waals surface area contributed by atoms with Crippen LogP contribution in [0.25, 0.3) is 152 Å². The Kier molecular flexibility index (Phi) is 33.1. The molecule has 0 fully saturated rings. The normalized spacial score (nSPS) is 12.6. The van der Waals surface area contributed by atoms with E-state index in [0.29, 0.717) is 31.3 Å². The number of rotatable bonds is 28. The molecule has 0 amide bonds. The van der Waals surface area contributed by atoms with Crippen LogP contribution in [0, 0.1) is 20.8 Å². The number of nitrogens with zero attached hydrogens (tertiary/aromatic N) is 15. The monoisotopic (exact) mass is 2150 g/mol. The predicted molar refractivity (Wildman–Crippen MR) is 580 cm³/mol. The maximum absolute atomic E-state index is 13.4. The number of carboxylic acid groups (broad SMARTS) is 2. The smallest absolute Gasteiger partial charge is 0.339 e. The molecule has 0 aliphatic heterocycles. The van der Waals surface area contributed by atoms with Crippen LogP contribution in [0.4, 0.5) is 0 Å². The molecule has 0 saturated heterocycles. The Morgan fingerprint density at radius 3 is 1.04 bits per heavy atom. The summed E-state index contributed by atoms with van der Waals surface area (Å²) >= 11 is 26.9. The molecule has 2 N–H and O–H groups in total. The first-order valence-corrected chi connectivity index (χ1v) is 58.8. The van der Waals surface area contributed by atoms with E-state index < -0.39 is 71.4 Å². The van der Waals surface area contributed by atoms with Gasteiger partial charge < -0.3 is 29.2 Å². The number of pyridine rings is 6. The number of unbranched alkanes of at least 4 members (excludes halogenated alkanes) is 3. The van der Waals surface area contributed by atoms with Gasteiger partial charge in [0.2, 0.25) is 0 Å². The van der Waals surface area contributed by atoms with E-state index in [9.17, 15) is 24.6 Å². The summed E-state index contributed by atoms with van der Waals surface area (Å²) in [5.74, 6) is -2.53. The Hall–Kier alpha value is -11.5. The number of esters is 1. The van der Waals surface area contributed by atoms with Crippen LogP contribution in [0.5, 0.6) is 0 Å². The molecule has 18 aromatic rings. The van der Waals surface area contributed by atoms with Gasteiger partial charge in [0.1, 0.15) is 31.2 Å². The minimum absolute atomic E-state index is 0.248. The Bertz CT molecular complexity index is 7630. The van der Waals surface area contributed by atoms with Crippen LogP contribution in [0.3, 0.4) is 0 Å². The van der Waals surface area contributed by atoms with E-state index in [4.69, 9.17) is 95.3 Å². The SMILES string of the molecule is CCC[CH2][Sn]([CH2]CCC)([CH2]CCC)[c]1ccc2c(cnn2C)n1.CCOC(=O)[C@@H](OC(C)(C)C)c1c(C)cc2nc(-c3ccnc(-c4ccc5c(cnn5C)n4)c3)sc2c1-c1ccc(Cl)cc1.Cc1cc2nc(-c3ccnc(-c4ccc5c(cnn5C)n4)c3)sc2c(-c2ccc(Cl)cc2)c1[C@H](OC(C)(C)C)C(=O)O.Cc1cc2nc(-c3ccnc(Cl)c3)sc2c(-c2ccc(Cl)cc2)c1[C@H](OC(C)(C)C)C(=O)O.